The van der Waals surface area contributed by atoms with Crippen LogP contribution in [0.15, 0.2) is 42.5 Å². The molecule has 0 atom stereocenters. The predicted octanol–water partition coefficient (Wildman–Crippen LogP) is 6.93. The number of halogens is 2. The highest BCUT2D eigenvalue weighted by molar-refractivity contribution is 6.31. The maximum absolute atomic E-state index is 13.0. The molecular weight excluding hydrogens is 499 g/mol. The van der Waals surface area contributed by atoms with E-state index in [4.69, 9.17) is 32.7 Å². The van der Waals surface area contributed by atoms with Gasteiger partial charge in [-0.05, 0) is 88.4 Å². The zero-order valence-corrected chi connectivity index (χ0v) is 22.2. The Kier molecular flexibility index (Phi) is 6.88. The lowest BCUT2D eigenvalue weighted by molar-refractivity contribution is 0.0214. The number of ether oxygens (including phenoxy) is 2. The summed E-state index contributed by atoms with van der Waals surface area (Å²) < 4.78 is 14.0. The number of carbonyl (C=O) groups is 1. The van der Waals surface area contributed by atoms with Gasteiger partial charge in [0, 0.05) is 16.0 Å². The Labute approximate surface area is 221 Å². The molecule has 2 aliphatic rings. The third kappa shape index (κ3) is 5.47. The summed E-state index contributed by atoms with van der Waals surface area (Å²) in [5.74, 6) is 2.67. The van der Waals surface area contributed by atoms with Gasteiger partial charge >= 0.3 is 6.09 Å². The van der Waals surface area contributed by atoms with Crippen LogP contribution in [0.5, 0.6) is 5.75 Å². The van der Waals surface area contributed by atoms with E-state index in [1.54, 1.807) is 4.90 Å². The molecule has 0 unspecified atom stereocenters. The molecule has 1 aliphatic carbocycles. The van der Waals surface area contributed by atoms with Crippen LogP contribution in [0.2, 0.25) is 10.0 Å². The average molecular weight is 529 g/mol. The molecule has 7 nitrogen and oxygen atoms in total. The van der Waals surface area contributed by atoms with Gasteiger partial charge in [-0.15, -0.1) is 10.2 Å². The van der Waals surface area contributed by atoms with Crippen LogP contribution in [0.4, 0.5) is 4.79 Å². The lowest BCUT2D eigenvalue weighted by atomic mass is 9.86. The van der Waals surface area contributed by atoms with E-state index in [2.05, 4.69) is 14.8 Å². The van der Waals surface area contributed by atoms with Crippen LogP contribution in [-0.4, -0.2) is 37.5 Å². The molecule has 2 aromatic carbocycles. The van der Waals surface area contributed by atoms with Gasteiger partial charge in [0.25, 0.3) is 0 Å². The van der Waals surface area contributed by atoms with Crippen molar-refractivity contribution in [2.75, 3.05) is 0 Å². The van der Waals surface area contributed by atoms with Crippen molar-refractivity contribution >= 4 is 29.3 Å². The van der Waals surface area contributed by atoms with E-state index >= 15 is 0 Å². The molecule has 36 heavy (non-hydrogen) atoms. The van der Waals surface area contributed by atoms with Gasteiger partial charge in [0.2, 0.25) is 0 Å². The van der Waals surface area contributed by atoms with Gasteiger partial charge in [0.15, 0.2) is 5.82 Å². The number of fused-ring (bicyclic) bond motifs is 3. The van der Waals surface area contributed by atoms with Crippen LogP contribution in [0.25, 0.3) is 5.69 Å². The smallest absolute Gasteiger partial charge is 0.411 e. The van der Waals surface area contributed by atoms with E-state index in [1.165, 1.54) is 0 Å². The summed E-state index contributed by atoms with van der Waals surface area (Å²) in [6.07, 6.45) is 3.45. The van der Waals surface area contributed by atoms with E-state index in [0.717, 1.165) is 48.5 Å². The van der Waals surface area contributed by atoms with Crippen molar-refractivity contribution in [3.05, 3.63) is 69.7 Å². The molecule has 0 radical (unpaired) electrons. The van der Waals surface area contributed by atoms with Crippen LogP contribution in [0.1, 0.15) is 69.6 Å². The standard InChI is InChI=1S/C27H30Cl2N4O3/c1-27(2,3)36-26(34)32-15-18-13-20(29)9-12-23(18)33-24(16-32)30-31-25(33)17-7-10-21(11-8-17)35-22-6-4-5-19(28)14-22/h4-6,9,12-14,17,21H,7-8,10-11,15-16H2,1-3H3/t17-,21-. The minimum absolute atomic E-state index is 0.139. The molecular formula is C27H30Cl2N4O3. The quantitative estimate of drug-likeness (QED) is 0.368. The van der Waals surface area contributed by atoms with Crippen LogP contribution in [-0.2, 0) is 17.8 Å². The van der Waals surface area contributed by atoms with Crippen molar-refractivity contribution in [3.8, 4) is 11.4 Å². The Morgan fingerprint density at radius 2 is 1.72 bits per heavy atom. The molecule has 9 heteroatoms. The van der Waals surface area contributed by atoms with E-state index in [-0.39, 0.29) is 18.1 Å². The molecule has 2 heterocycles. The highest BCUT2D eigenvalue weighted by Gasteiger charge is 2.33. The largest absolute Gasteiger partial charge is 0.490 e. The molecule has 1 aliphatic heterocycles. The molecule has 0 spiro atoms. The Bertz CT molecular complexity index is 1260. The SMILES string of the molecule is CC(C)(C)OC(=O)N1Cc2cc(Cl)ccc2-n2c(nnc2[C@H]2CC[C@H](Oc3cccc(Cl)c3)CC2)C1. The molecule has 0 saturated heterocycles. The topological polar surface area (TPSA) is 69.5 Å². The Morgan fingerprint density at radius 1 is 0.972 bits per heavy atom. The molecule has 1 aromatic heterocycles. The second-order valence-corrected chi connectivity index (χ2v) is 11.3. The second kappa shape index (κ2) is 9.94. The molecule has 0 N–H and O–H groups in total. The van der Waals surface area contributed by atoms with E-state index < -0.39 is 5.60 Å². The van der Waals surface area contributed by atoms with Crippen molar-refractivity contribution in [1.82, 2.24) is 19.7 Å². The van der Waals surface area contributed by atoms with Gasteiger partial charge in [-0.2, -0.15) is 0 Å². The van der Waals surface area contributed by atoms with E-state index in [9.17, 15) is 4.79 Å². The van der Waals surface area contributed by atoms with Gasteiger partial charge in [-0.25, -0.2) is 4.79 Å². The molecule has 1 saturated carbocycles. The lowest BCUT2D eigenvalue weighted by Gasteiger charge is -2.29. The normalized spacial score (nSPS) is 19.8. The van der Waals surface area contributed by atoms with Gasteiger partial charge in [-0.1, -0.05) is 29.3 Å². The Morgan fingerprint density at radius 3 is 2.44 bits per heavy atom. The number of amides is 1. The summed E-state index contributed by atoms with van der Waals surface area (Å²) in [4.78, 5) is 14.6. The Hall–Kier alpha value is -2.77. The Balaban J connectivity index is 1.38. The van der Waals surface area contributed by atoms with Gasteiger partial charge < -0.3 is 9.47 Å². The third-order valence-corrected chi connectivity index (χ3v) is 6.99. The van der Waals surface area contributed by atoms with Gasteiger partial charge in [-0.3, -0.25) is 9.47 Å². The lowest BCUT2D eigenvalue weighted by Crippen LogP contribution is -2.35. The third-order valence-electron chi connectivity index (χ3n) is 6.52. The fourth-order valence-electron chi connectivity index (χ4n) is 4.92. The second-order valence-electron chi connectivity index (χ2n) is 10.5. The van der Waals surface area contributed by atoms with Crippen molar-refractivity contribution in [1.29, 1.82) is 0 Å². The average Bonchev–Trinajstić information content (AvgIpc) is 3.14. The summed E-state index contributed by atoms with van der Waals surface area (Å²) in [6, 6.07) is 13.3. The number of aromatic nitrogens is 3. The minimum Gasteiger partial charge on any atom is -0.490 e. The molecule has 1 amide bonds. The zero-order valence-electron chi connectivity index (χ0n) is 20.7. The van der Waals surface area contributed by atoms with Crippen molar-refractivity contribution < 1.29 is 14.3 Å². The molecule has 0 bridgehead atoms. The van der Waals surface area contributed by atoms with Crippen LogP contribution in [0, 0.1) is 0 Å². The number of hydrogen-bond donors (Lipinski definition) is 0. The number of hydrogen-bond acceptors (Lipinski definition) is 5. The van der Waals surface area contributed by atoms with Crippen LogP contribution >= 0.6 is 23.2 Å². The van der Waals surface area contributed by atoms with Gasteiger partial charge in [0.1, 0.15) is 17.2 Å². The summed E-state index contributed by atoms with van der Waals surface area (Å²) in [5.41, 5.74) is 1.30. The maximum Gasteiger partial charge on any atom is 0.411 e. The predicted molar refractivity (Wildman–Crippen MR) is 139 cm³/mol. The minimum atomic E-state index is -0.592. The monoisotopic (exact) mass is 528 g/mol. The molecule has 3 aromatic rings. The first kappa shape index (κ1) is 24.9. The number of benzene rings is 2. The number of rotatable bonds is 3. The van der Waals surface area contributed by atoms with Gasteiger partial charge in [0.05, 0.1) is 24.9 Å². The van der Waals surface area contributed by atoms with Crippen LogP contribution in [0.3, 0.4) is 0 Å². The first-order valence-electron chi connectivity index (χ1n) is 12.3. The van der Waals surface area contributed by atoms with Crippen molar-refractivity contribution in [2.24, 2.45) is 0 Å². The summed E-state index contributed by atoms with van der Waals surface area (Å²) in [5, 5.41) is 10.4. The zero-order chi connectivity index (χ0) is 25.4. The molecule has 190 valence electrons. The summed E-state index contributed by atoms with van der Waals surface area (Å²) in [6.45, 7) is 6.27. The van der Waals surface area contributed by atoms with E-state index in [0.29, 0.717) is 29.0 Å². The van der Waals surface area contributed by atoms with Crippen molar-refractivity contribution in [2.45, 2.75) is 77.2 Å². The molecule has 5 rings (SSSR count). The maximum atomic E-state index is 13.0. The summed E-state index contributed by atoms with van der Waals surface area (Å²) in [7, 11) is 0. The van der Waals surface area contributed by atoms with Crippen molar-refractivity contribution in [3.63, 3.8) is 0 Å². The number of nitrogens with zero attached hydrogens (tertiary/aromatic N) is 4. The highest BCUT2D eigenvalue weighted by Crippen LogP contribution is 2.37. The fraction of sp³-hybridized carbons (Fsp3) is 0.444. The molecule has 1 fully saturated rings. The van der Waals surface area contributed by atoms with Crippen LogP contribution < -0.4 is 4.74 Å². The summed E-state index contributed by atoms with van der Waals surface area (Å²) >= 11 is 12.5. The fourth-order valence-corrected chi connectivity index (χ4v) is 5.29. The highest BCUT2D eigenvalue weighted by atomic mass is 35.5. The first-order chi connectivity index (χ1) is 17.2. The number of carbonyl (C=O) groups excluding carboxylic acids is 1. The first-order valence-corrected chi connectivity index (χ1v) is 13.0. The van der Waals surface area contributed by atoms with E-state index in [1.807, 2.05) is 63.2 Å².